The van der Waals surface area contributed by atoms with Crippen LogP contribution in [0.25, 0.3) is 0 Å². The van der Waals surface area contributed by atoms with Crippen molar-refractivity contribution in [2.24, 2.45) is 17.3 Å². The molecule has 2 unspecified atom stereocenters. The summed E-state index contributed by atoms with van der Waals surface area (Å²) in [7, 11) is 0. The third-order valence-electron chi connectivity index (χ3n) is 3.09. The van der Waals surface area contributed by atoms with Crippen LogP contribution in [0.15, 0.2) is 0 Å². The Hall–Kier alpha value is -2.78. The fourth-order valence-corrected chi connectivity index (χ4v) is 1.69. The SMILES string of the molecule is CC(=O)C(C(=O)O)C(C)(C)C(=O)O.CC(=O)C(CC(=O)O)C(=O)O. The van der Waals surface area contributed by atoms with Crippen LogP contribution in [0.1, 0.15) is 34.1 Å². The van der Waals surface area contributed by atoms with E-state index >= 15 is 0 Å². The van der Waals surface area contributed by atoms with Gasteiger partial charge in [0.15, 0.2) is 0 Å². The summed E-state index contributed by atoms with van der Waals surface area (Å²) in [6.07, 6.45) is -0.648. The molecule has 0 aromatic heterocycles. The molecule has 0 radical (unpaired) electrons. The Morgan fingerprint density at radius 1 is 0.792 bits per heavy atom. The molecule has 0 aliphatic carbocycles. The van der Waals surface area contributed by atoms with Crippen molar-refractivity contribution < 1.29 is 49.2 Å². The molecule has 0 heterocycles. The molecule has 4 N–H and O–H groups in total. The minimum atomic E-state index is -1.57. The van der Waals surface area contributed by atoms with Gasteiger partial charge in [-0.2, -0.15) is 0 Å². The van der Waals surface area contributed by atoms with Crippen molar-refractivity contribution in [2.45, 2.75) is 34.1 Å². The smallest absolute Gasteiger partial charge is 0.315 e. The van der Waals surface area contributed by atoms with Gasteiger partial charge in [-0.3, -0.25) is 28.8 Å². The Morgan fingerprint density at radius 3 is 1.29 bits per heavy atom. The second-order valence-corrected chi connectivity index (χ2v) is 5.51. The lowest BCUT2D eigenvalue weighted by Crippen LogP contribution is -2.41. The first kappa shape index (κ1) is 23.5. The van der Waals surface area contributed by atoms with Gasteiger partial charge in [-0.15, -0.1) is 0 Å². The zero-order chi connectivity index (χ0) is 19.8. The monoisotopic (exact) mass is 348 g/mol. The number of carbonyl (C=O) groups excluding carboxylic acids is 2. The van der Waals surface area contributed by atoms with E-state index in [0.29, 0.717) is 0 Å². The number of Topliss-reactive ketones (excluding diaryl/α,β-unsaturated/α-hetero) is 2. The van der Waals surface area contributed by atoms with Gasteiger partial charge in [0.05, 0.1) is 11.8 Å². The van der Waals surface area contributed by atoms with Crippen LogP contribution in [0.2, 0.25) is 0 Å². The molecule has 0 fully saturated rings. The van der Waals surface area contributed by atoms with Crippen LogP contribution in [0.3, 0.4) is 0 Å². The summed E-state index contributed by atoms with van der Waals surface area (Å²) in [6, 6.07) is 0. The average molecular weight is 348 g/mol. The number of ketones is 2. The van der Waals surface area contributed by atoms with Crippen LogP contribution in [-0.2, 0) is 28.8 Å². The molecule has 0 aromatic carbocycles. The van der Waals surface area contributed by atoms with Gasteiger partial charge in [0.2, 0.25) is 0 Å². The molecule has 10 nitrogen and oxygen atoms in total. The maximum Gasteiger partial charge on any atom is 0.315 e. The molecule has 0 saturated carbocycles. The van der Waals surface area contributed by atoms with E-state index in [1.807, 2.05) is 0 Å². The molecule has 0 amide bonds. The fourth-order valence-electron chi connectivity index (χ4n) is 1.69. The summed E-state index contributed by atoms with van der Waals surface area (Å²) in [5.74, 6) is -9.57. The van der Waals surface area contributed by atoms with E-state index in [9.17, 15) is 28.8 Å². The maximum absolute atomic E-state index is 10.9. The minimum Gasteiger partial charge on any atom is -0.481 e. The molecule has 0 saturated heterocycles. The van der Waals surface area contributed by atoms with Gasteiger partial charge in [-0.05, 0) is 27.7 Å². The zero-order valence-electron chi connectivity index (χ0n) is 13.6. The highest BCUT2D eigenvalue weighted by atomic mass is 16.4. The third kappa shape index (κ3) is 7.47. The number of hydrogen-bond donors (Lipinski definition) is 4. The van der Waals surface area contributed by atoms with Gasteiger partial charge in [0, 0.05) is 0 Å². The van der Waals surface area contributed by atoms with Crippen molar-refractivity contribution in [3.8, 4) is 0 Å². The largest absolute Gasteiger partial charge is 0.481 e. The lowest BCUT2D eigenvalue weighted by Gasteiger charge is -2.24. The first-order valence-corrected chi connectivity index (χ1v) is 6.57. The normalized spacial score (nSPS) is 12.8. The van der Waals surface area contributed by atoms with E-state index in [-0.39, 0.29) is 0 Å². The maximum atomic E-state index is 10.9. The van der Waals surface area contributed by atoms with Crippen LogP contribution in [0, 0.1) is 17.3 Å². The van der Waals surface area contributed by atoms with Gasteiger partial charge in [0.1, 0.15) is 23.4 Å². The number of carbonyl (C=O) groups is 6. The molecular formula is C14H20O10. The number of hydrogen-bond acceptors (Lipinski definition) is 6. The molecule has 2 atom stereocenters. The van der Waals surface area contributed by atoms with E-state index in [1.54, 1.807) is 0 Å². The second-order valence-electron chi connectivity index (χ2n) is 5.51. The summed E-state index contributed by atoms with van der Waals surface area (Å²) in [5, 5.41) is 33.8. The number of carboxylic acids is 4. The highest BCUT2D eigenvalue weighted by Gasteiger charge is 2.44. The summed E-state index contributed by atoms with van der Waals surface area (Å²) in [5.41, 5.74) is -1.57. The van der Waals surface area contributed by atoms with Crippen molar-refractivity contribution in [2.75, 3.05) is 0 Å². The van der Waals surface area contributed by atoms with E-state index in [2.05, 4.69) is 0 Å². The first-order chi connectivity index (χ1) is 10.7. The second kappa shape index (κ2) is 9.38. The molecule has 0 aliphatic heterocycles. The van der Waals surface area contributed by atoms with Crippen LogP contribution >= 0.6 is 0 Å². The summed E-state index contributed by atoms with van der Waals surface area (Å²) < 4.78 is 0. The Labute approximate surface area is 137 Å². The number of aliphatic carboxylic acids is 4. The topological polar surface area (TPSA) is 183 Å². The van der Waals surface area contributed by atoms with Crippen molar-refractivity contribution >= 4 is 35.4 Å². The molecule has 24 heavy (non-hydrogen) atoms. The molecular weight excluding hydrogens is 328 g/mol. The predicted octanol–water partition coefficient (Wildman–Crippen LogP) is 0.138. The van der Waals surface area contributed by atoms with Crippen molar-refractivity contribution in [1.29, 1.82) is 0 Å². The van der Waals surface area contributed by atoms with E-state index in [4.69, 9.17) is 20.4 Å². The quantitative estimate of drug-likeness (QED) is 0.440. The highest BCUT2D eigenvalue weighted by Crippen LogP contribution is 2.28. The molecule has 0 bridgehead atoms. The van der Waals surface area contributed by atoms with Crippen LogP contribution in [0.5, 0.6) is 0 Å². The molecule has 0 aliphatic rings. The van der Waals surface area contributed by atoms with Gasteiger partial charge < -0.3 is 20.4 Å². The minimum absolute atomic E-state index is 0.639. The molecule has 0 aromatic rings. The highest BCUT2D eigenvalue weighted by molar-refractivity contribution is 6.01. The first-order valence-electron chi connectivity index (χ1n) is 6.57. The lowest BCUT2D eigenvalue weighted by atomic mass is 9.77. The van der Waals surface area contributed by atoms with Gasteiger partial charge >= 0.3 is 23.9 Å². The third-order valence-corrected chi connectivity index (χ3v) is 3.09. The fraction of sp³-hybridized carbons (Fsp3) is 0.571. The Bertz CT molecular complexity index is 518. The van der Waals surface area contributed by atoms with Gasteiger partial charge in [-0.25, -0.2) is 0 Å². The van der Waals surface area contributed by atoms with Gasteiger partial charge in [-0.1, -0.05) is 0 Å². The van der Waals surface area contributed by atoms with E-state index in [0.717, 1.165) is 13.8 Å². The lowest BCUT2D eigenvalue weighted by molar-refractivity contribution is -0.163. The van der Waals surface area contributed by atoms with Crippen molar-refractivity contribution in [3.05, 3.63) is 0 Å². The Balaban J connectivity index is 0. The summed E-state index contributed by atoms with van der Waals surface area (Å²) >= 11 is 0. The number of rotatable bonds is 8. The molecule has 136 valence electrons. The molecule has 10 heteroatoms. The predicted molar refractivity (Wildman–Crippen MR) is 77.3 cm³/mol. The number of carboxylic acid groups (broad SMARTS) is 4. The average Bonchev–Trinajstić information content (AvgIpc) is 2.34. The Kier molecular flexibility index (Phi) is 9.18. The van der Waals surface area contributed by atoms with Crippen molar-refractivity contribution in [3.63, 3.8) is 0 Å². The standard InChI is InChI=1S/C8H12O5.C6H8O5/c1-4(9)5(6(10)11)8(2,3)7(12)13;1-3(7)4(6(10)11)2-5(8)9/h5H,1-3H3,(H,10,11)(H,12,13);4H,2H2,1H3,(H,8,9)(H,10,11). The molecule has 0 spiro atoms. The van der Waals surface area contributed by atoms with E-state index < -0.39 is 59.1 Å². The Morgan fingerprint density at radius 2 is 1.21 bits per heavy atom. The van der Waals surface area contributed by atoms with E-state index in [1.165, 1.54) is 13.8 Å². The zero-order valence-corrected chi connectivity index (χ0v) is 13.6. The van der Waals surface area contributed by atoms with Crippen LogP contribution in [0.4, 0.5) is 0 Å². The molecule has 0 rings (SSSR count). The summed E-state index contributed by atoms with van der Waals surface area (Å²) in [4.78, 5) is 62.8. The van der Waals surface area contributed by atoms with Crippen LogP contribution in [-0.4, -0.2) is 55.9 Å². The van der Waals surface area contributed by atoms with Crippen molar-refractivity contribution in [1.82, 2.24) is 0 Å². The summed E-state index contributed by atoms with van der Waals surface area (Å²) in [6.45, 7) is 4.57. The van der Waals surface area contributed by atoms with Crippen LogP contribution < -0.4 is 0 Å². The van der Waals surface area contributed by atoms with Gasteiger partial charge in [0.25, 0.3) is 0 Å².